The molecule has 1 atom stereocenters. The number of hydrogen-bond donors (Lipinski definition) is 3. The van der Waals surface area contributed by atoms with Crippen LogP contribution in [0.2, 0.25) is 0 Å². The maximum atomic E-state index is 11.3. The first kappa shape index (κ1) is 29.0. The van der Waals surface area contributed by atoms with E-state index in [2.05, 4.69) is 4.52 Å². The van der Waals surface area contributed by atoms with Crippen LogP contribution in [0.25, 0.3) is 0 Å². The molecular formula is C4H13Cl2Na3O6P2. The van der Waals surface area contributed by atoms with Gasteiger partial charge >= 0.3 is 108 Å². The Bertz CT molecular complexity index is 308. The van der Waals surface area contributed by atoms with Crippen LogP contribution in [0.5, 0.6) is 0 Å². The Kier molecular flexibility index (Phi) is 18.0. The van der Waals surface area contributed by atoms with Crippen molar-refractivity contribution in [3.63, 3.8) is 0 Å². The molecule has 0 aliphatic heterocycles. The van der Waals surface area contributed by atoms with Gasteiger partial charge in [-0.3, -0.25) is 9.13 Å². The van der Waals surface area contributed by atoms with E-state index in [9.17, 15) is 9.13 Å². The molecule has 3 N–H and O–H groups in total. The molecule has 92 valence electrons. The monoisotopic (exact) mass is 358 g/mol. The van der Waals surface area contributed by atoms with Crippen molar-refractivity contribution < 1.29 is 28.3 Å². The molecule has 0 aromatic rings. The fourth-order valence-corrected chi connectivity index (χ4v) is 2.91. The van der Waals surface area contributed by atoms with E-state index in [4.69, 9.17) is 37.9 Å². The van der Waals surface area contributed by atoms with Crippen LogP contribution in [0.4, 0.5) is 0 Å². The molecule has 13 heteroatoms. The van der Waals surface area contributed by atoms with Gasteiger partial charge in [-0.2, -0.15) is 0 Å². The normalized spacial score (nSPS) is 15.1. The standard InChI is InChI=1S/C4H10Cl2O6P2.3Na.3H/c1-3(2)12-14(10,11)4(5,6)13(7,8)9;;;;;;/h3H,1-2H3,(H,10,11)(H2,7,8,9);;;;;;. The summed E-state index contributed by atoms with van der Waals surface area (Å²) in [5, 5.41) is 0. The van der Waals surface area contributed by atoms with Gasteiger partial charge in [-0.05, 0) is 13.8 Å². The molecule has 0 fully saturated rings. The average molecular weight is 359 g/mol. The second kappa shape index (κ2) is 10.6. The van der Waals surface area contributed by atoms with Crippen molar-refractivity contribution in [3.05, 3.63) is 0 Å². The molecule has 0 aliphatic carbocycles. The van der Waals surface area contributed by atoms with Gasteiger partial charge < -0.3 is 19.2 Å². The fourth-order valence-electron chi connectivity index (χ4n) is 0.514. The molecular weight excluding hydrogens is 346 g/mol. The summed E-state index contributed by atoms with van der Waals surface area (Å²) in [5.74, 6) is 0. The third kappa shape index (κ3) is 8.80. The molecule has 1 unspecified atom stereocenters. The molecule has 0 radical (unpaired) electrons. The van der Waals surface area contributed by atoms with E-state index >= 15 is 0 Å². The number of alkyl halides is 2. The summed E-state index contributed by atoms with van der Waals surface area (Å²) >= 11 is 10.2. The molecule has 0 heterocycles. The summed E-state index contributed by atoms with van der Waals surface area (Å²) in [4.78, 5) is 26.4. The minimum atomic E-state index is -5.15. The van der Waals surface area contributed by atoms with Crippen LogP contribution < -0.4 is 0 Å². The van der Waals surface area contributed by atoms with Gasteiger partial charge in [0.1, 0.15) is 0 Å². The maximum absolute atomic E-state index is 11.3. The van der Waals surface area contributed by atoms with Crippen molar-refractivity contribution in [2.75, 3.05) is 0 Å². The van der Waals surface area contributed by atoms with Crippen LogP contribution in [-0.4, -0.2) is 113 Å². The van der Waals surface area contributed by atoms with E-state index in [1.807, 2.05) is 0 Å². The molecule has 0 saturated carbocycles. The molecule has 0 aliphatic rings. The second-order valence-corrected chi connectivity index (χ2v) is 9.14. The first-order valence-corrected chi connectivity index (χ1v) is 7.31. The zero-order chi connectivity index (χ0) is 11.8. The SMILES string of the molecule is CC(C)OP(=O)(O)C(Cl)(Cl)P(=O)(O)O.[NaH].[NaH].[NaH]. The Labute approximate surface area is 176 Å². The van der Waals surface area contributed by atoms with Crippen molar-refractivity contribution >= 4 is 127 Å². The molecule has 0 spiro atoms. The van der Waals surface area contributed by atoms with Crippen LogP contribution in [-0.2, 0) is 13.7 Å². The van der Waals surface area contributed by atoms with Gasteiger partial charge in [0, 0.05) is 0 Å². The van der Waals surface area contributed by atoms with E-state index in [0.29, 0.717) is 0 Å². The van der Waals surface area contributed by atoms with Crippen molar-refractivity contribution in [1.82, 2.24) is 0 Å². The van der Waals surface area contributed by atoms with E-state index in [1.54, 1.807) is 0 Å². The zero-order valence-electron chi connectivity index (χ0n) is 7.29. The van der Waals surface area contributed by atoms with Gasteiger partial charge in [0.15, 0.2) is 0 Å². The summed E-state index contributed by atoms with van der Waals surface area (Å²) < 4.78 is 23.2. The van der Waals surface area contributed by atoms with Crippen LogP contribution in [0, 0.1) is 0 Å². The second-order valence-electron chi connectivity index (χ2n) is 2.73. The number of rotatable bonds is 4. The third-order valence-electron chi connectivity index (χ3n) is 1.04. The summed E-state index contributed by atoms with van der Waals surface area (Å²) in [5.41, 5.74) is 0. The van der Waals surface area contributed by atoms with Gasteiger partial charge in [-0.25, -0.2) is 0 Å². The van der Waals surface area contributed by atoms with Crippen molar-refractivity contribution in [2.24, 2.45) is 0 Å². The van der Waals surface area contributed by atoms with Gasteiger partial charge in [-0.15, -0.1) is 0 Å². The Morgan fingerprint density at radius 2 is 1.35 bits per heavy atom. The van der Waals surface area contributed by atoms with Gasteiger partial charge in [0.05, 0.1) is 6.10 Å². The zero-order valence-corrected chi connectivity index (χ0v) is 10.6. The molecule has 0 bridgehead atoms. The van der Waals surface area contributed by atoms with Crippen LogP contribution >= 0.6 is 38.4 Å². The quantitative estimate of drug-likeness (QED) is 0.369. The minimum absolute atomic E-state index is 0. The molecule has 0 rings (SSSR count). The summed E-state index contributed by atoms with van der Waals surface area (Å²) in [6, 6.07) is 0. The summed E-state index contributed by atoms with van der Waals surface area (Å²) in [6.45, 7) is 2.79. The van der Waals surface area contributed by atoms with Crippen molar-refractivity contribution in [3.8, 4) is 0 Å². The van der Waals surface area contributed by atoms with Crippen molar-refractivity contribution in [1.29, 1.82) is 0 Å². The van der Waals surface area contributed by atoms with E-state index in [-0.39, 0.29) is 88.7 Å². The summed E-state index contributed by atoms with van der Waals surface area (Å²) in [6.07, 6.45) is -0.741. The van der Waals surface area contributed by atoms with Gasteiger partial charge in [0.25, 0.3) is 0 Å². The Morgan fingerprint density at radius 1 is 1.06 bits per heavy atom. The average Bonchev–Trinajstić information content (AvgIpc) is 1.80. The van der Waals surface area contributed by atoms with E-state index in [1.165, 1.54) is 13.8 Å². The predicted molar refractivity (Wildman–Crippen MR) is 74.0 cm³/mol. The van der Waals surface area contributed by atoms with Gasteiger partial charge in [-0.1, -0.05) is 23.2 Å². The van der Waals surface area contributed by atoms with Crippen LogP contribution in [0.3, 0.4) is 0 Å². The van der Waals surface area contributed by atoms with Gasteiger partial charge in [0.2, 0.25) is 0 Å². The van der Waals surface area contributed by atoms with E-state index < -0.39 is 25.1 Å². The summed E-state index contributed by atoms with van der Waals surface area (Å²) in [7, 11) is -9.96. The topological polar surface area (TPSA) is 104 Å². The molecule has 0 aromatic carbocycles. The number of hydrogen-bond acceptors (Lipinski definition) is 3. The van der Waals surface area contributed by atoms with Crippen LogP contribution in [0.15, 0.2) is 0 Å². The third-order valence-corrected chi connectivity index (χ3v) is 7.28. The Balaban J connectivity index is -0.000000282. The Hall–Kier alpha value is 3.88. The number of halogens is 2. The predicted octanol–water partition coefficient (Wildman–Crippen LogP) is -0.0821. The van der Waals surface area contributed by atoms with Crippen molar-refractivity contribution in [2.45, 2.75) is 23.8 Å². The first-order chi connectivity index (χ1) is 5.92. The molecule has 0 aromatic heterocycles. The fraction of sp³-hybridized carbons (Fsp3) is 1.00. The molecule has 0 saturated heterocycles. The molecule has 17 heavy (non-hydrogen) atoms. The van der Waals surface area contributed by atoms with Crippen LogP contribution in [0.1, 0.15) is 13.8 Å². The van der Waals surface area contributed by atoms with E-state index in [0.717, 1.165) is 0 Å². The Morgan fingerprint density at radius 3 is 1.53 bits per heavy atom. The first-order valence-electron chi connectivity index (χ1n) is 3.36. The molecule has 0 amide bonds. The molecule has 6 nitrogen and oxygen atoms in total.